The molecule has 3 bridgehead atoms. The molecule has 232 valence electrons. The third-order valence-electron chi connectivity index (χ3n) is 11.5. The van der Waals surface area contributed by atoms with E-state index < -0.39 is 94.8 Å². The second kappa shape index (κ2) is 8.85. The summed E-state index contributed by atoms with van der Waals surface area (Å²) in [6.45, 7) is 9.02. The molecule has 3 saturated heterocycles. The molecule has 6 fully saturated rings. The Labute approximate surface area is 254 Å². The Morgan fingerprint density at radius 1 is 1.02 bits per heavy atom. The van der Waals surface area contributed by atoms with Crippen LogP contribution in [0.5, 0.6) is 0 Å². The average Bonchev–Trinajstić information content (AvgIpc) is 3.65. The maximum Gasteiger partial charge on any atom is 0.338 e. The predicted octanol–water partition coefficient (Wildman–Crippen LogP) is 2.25. The molecule has 13 unspecified atom stereocenters. The molecule has 44 heavy (non-hydrogen) atoms. The summed E-state index contributed by atoms with van der Waals surface area (Å²) in [5, 5.41) is 34.9. The van der Waals surface area contributed by atoms with E-state index in [0.717, 1.165) is 0 Å². The highest BCUT2D eigenvalue weighted by Gasteiger charge is 2.91. The van der Waals surface area contributed by atoms with E-state index in [1.807, 2.05) is 25.1 Å². The van der Waals surface area contributed by atoms with E-state index in [1.165, 1.54) is 0 Å². The molecule has 6 aliphatic rings. The number of ether oxygens (including phenoxy) is 5. The number of aliphatic hydroxyl groups is 3. The molecule has 3 heterocycles. The number of esters is 1. The van der Waals surface area contributed by atoms with Crippen LogP contribution in [0.1, 0.15) is 43.1 Å². The van der Waals surface area contributed by atoms with Crippen molar-refractivity contribution in [2.24, 2.45) is 23.7 Å². The van der Waals surface area contributed by atoms with Crippen molar-refractivity contribution in [3.05, 3.63) is 83.9 Å². The van der Waals surface area contributed by atoms with Gasteiger partial charge in [0.25, 0.3) is 0 Å². The quantitative estimate of drug-likeness (QED) is 0.264. The molecule has 3 N–H and O–H groups in total. The molecule has 3 aliphatic carbocycles. The van der Waals surface area contributed by atoms with Gasteiger partial charge in [0.15, 0.2) is 17.0 Å². The lowest BCUT2D eigenvalue weighted by atomic mass is 9.52. The van der Waals surface area contributed by atoms with Crippen LogP contribution in [0.2, 0.25) is 0 Å². The Morgan fingerprint density at radius 2 is 1.68 bits per heavy atom. The highest BCUT2D eigenvalue weighted by atomic mass is 16.9. The van der Waals surface area contributed by atoms with Gasteiger partial charge in [0.05, 0.1) is 17.8 Å². The summed E-state index contributed by atoms with van der Waals surface area (Å²) in [6.07, 6.45) is -4.39. The molecule has 13 atom stereocenters. The van der Waals surface area contributed by atoms with Gasteiger partial charge in [-0.15, -0.1) is 0 Å². The molecule has 8 rings (SSSR count). The van der Waals surface area contributed by atoms with E-state index in [9.17, 15) is 24.9 Å². The molecule has 3 saturated carbocycles. The van der Waals surface area contributed by atoms with Gasteiger partial charge < -0.3 is 39.0 Å². The van der Waals surface area contributed by atoms with E-state index in [4.69, 9.17) is 23.7 Å². The monoisotopic (exact) mass is 604 g/mol. The number of benzene rings is 2. The smallest absolute Gasteiger partial charge is 0.338 e. The third-order valence-corrected chi connectivity index (χ3v) is 11.5. The summed E-state index contributed by atoms with van der Waals surface area (Å²) in [6, 6.07) is 17.7. The summed E-state index contributed by atoms with van der Waals surface area (Å²) in [5.41, 5.74) is -5.52. The lowest BCUT2D eigenvalue weighted by molar-refractivity contribution is -0.443. The maximum absolute atomic E-state index is 13.9. The molecule has 2 aromatic rings. The van der Waals surface area contributed by atoms with Crippen molar-refractivity contribution in [1.29, 1.82) is 0 Å². The van der Waals surface area contributed by atoms with E-state index in [0.29, 0.717) is 16.7 Å². The van der Waals surface area contributed by atoms with Crippen LogP contribution >= 0.6 is 0 Å². The highest BCUT2D eigenvalue weighted by molar-refractivity contribution is 5.93. The van der Waals surface area contributed by atoms with Crippen LogP contribution in [0.25, 0.3) is 0 Å². The Morgan fingerprint density at radius 3 is 2.32 bits per heavy atom. The summed E-state index contributed by atoms with van der Waals surface area (Å²) in [5.74, 6) is -6.07. The van der Waals surface area contributed by atoms with Gasteiger partial charge in [0, 0.05) is 29.2 Å². The van der Waals surface area contributed by atoms with E-state index in [1.54, 1.807) is 56.3 Å². The second-order valence-corrected chi connectivity index (χ2v) is 13.5. The Bertz CT molecular complexity index is 1560. The van der Waals surface area contributed by atoms with Gasteiger partial charge in [-0.2, -0.15) is 0 Å². The Balaban J connectivity index is 1.40. The van der Waals surface area contributed by atoms with Crippen molar-refractivity contribution in [2.45, 2.75) is 80.0 Å². The zero-order valence-electron chi connectivity index (χ0n) is 24.7. The van der Waals surface area contributed by atoms with Crippen LogP contribution in [0, 0.1) is 23.7 Å². The van der Waals surface area contributed by atoms with Gasteiger partial charge in [-0.3, -0.25) is 4.79 Å². The molecule has 10 nitrogen and oxygen atoms in total. The van der Waals surface area contributed by atoms with Crippen LogP contribution in [-0.4, -0.2) is 80.5 Å². The standard InChI is InChI=1S/C34H36O10/c1-17(2)32-25(40-28(37)20-11-7-5-8-12-20)19(4)33-22-15-18(3)24(36)31(22,39)29(38)30(16-35)26(41-30)23(33)27(32)42-34(43-32,44-33)21-13-9-6-10-14-21/h5-14,18-19,22-23,25-27,29,35,38-39H,1,15-16H2,2-4H3. The van der Waals surface area contributed by atoms with Crippen LogP contribution in [0.3, 0.4) is 0 Å². The van der Waals surface area contributed by atoms with Gasteiger partial charge in [0.2, 0.25) is 0 Å². The first-order chi connectivity index (χ1) is 20.9. The number of carbonyl (C=O) groups excluding carboxylic acids is 2. The van der Waals surface area contributed by atoms with Crippen molar-refractivity contribution in [2.75, 3.05) is 6.61 Å². The van der Waals surface area contributed by atoms with Crippen LogP contribution < -0.4 is 0 Å². The lowest BCUT2D eigenvalue weighted by Crippen LogP contribution is -2.76. The summed E-state index contributed by atoms with van der Waals surface area (Å²) >= 11 is 0. The fourth-order valence-electron chi connectivity index (χ4n) is 9.52. The first-order valence-electron chi connectivity index (χ1n) is 15.2. The zero-order chi connectivity index (χ0) is 31.0. The zero-order valence-corrected chi connectivity index (χ0v) is 24.7. The molecule has 0 radical (unpaired) electrons. The van der Waals surface area contributed by atoms with E-state index in [2.05, 4.69) is 6.58 Å². The van der Waals surface area contributed by atoms with Crippen molar-refractivity contribution in [3.8, 4) is 0 Å². The summed E-state index contributed by atoms with van der Waals surface area (Å²) in [4.78, 5) is 27.6. The highest BCUT2D eigenvalue weighted by Crippen LogP contribution is 2.74. The molecule has 0 spiro atoms. The Kier molecular flexibility index (Phi) is 5.73. The SMILES string of the molecule is C=C(C)C12OC3(c4ccccc4)OC1C1C4OC4(CO)C(O)C4(O)C(=O)C(C)CC4C1(O3)C(C)C2OC(=O)c1ccccc1. The molecule has 0 aromatic heterocycles. The minimum absolute atomic E-state index is 0.179. The van der Waals surface area contributed by atoms with Crippen molar-refractivity contribution < 1.29 is 48.6 Å². The fraction of sp³-hybridized carbons (Fsp3) is 0.529. The van der Waals surface area contributed by atoms with Crippen molar-refractivity contribution >= 4 is 11.8 Å². The molecule has 3 aliphatic heterocycles. The number of carbonyl (C=O) groups is 2. The molecular formula is C34H36O10. The summed E-state index contributed by atoms with van der Waals surface area (Å²) < 4.78 is 33.5. The van der Waals surface area contributed by atoms with Gasteiger partial charge in [-0.05, 0) is 31.1 Å². The first kappa shape index (κ1) is 28.5. The number of ketones is 1. The van der Waals surface area contributed by atoms with Crippen molar-refractivity contribution in [3.63, 3.8) is 0 Å². The molecular weight excluding hydrogens is 568 g/mol. The minimum atomic E-state index is -2.33. The number of aliphatic hydroxyl groups excluding tert-OH is 2. The fourth-order valence-corrected chi connectivity index (χ4v) is 9.52. The maximum atomic E-state index is 13.9. The predicted molar refractivity (Wildman–Crippen MR) is 152 cm³/mol. The Hall–Kier alpha value is -2.96. The number of rotatable bonds is 5. The number of hydrogen-bond acceptors (Lipinski definition) is 10. The van der Waals surface area contributed by atoms with Crippen molar-refractivity contribution in [1.82, 2.24) is 0 Å². The number of fused-ring (bicyclic) bond motifs is 3. The average molecular weight is 605 g/mol. The molecule has 0 amide bonds. The normalized spacial score (nSPS) is 49.5. The minimum Gasteiger partial charge on any atom is -0.455 e. The third kappa shape index (κ3) is 3.05. The number of Topliss-reactive ketones (excluding diaryl/α,β-unsaturated/α-hetero) is 1. The number of hydrogen-bond donors (Lipinski definition) is 3. The van der Waals surface area contributed by atoms with Gasteiger partial charge in [0.1, 0.15) is 30.0 Å². The van der Waals surface area contributed by atoms with Crippen LogP contribution in [0.15, 0.2) is 72.8 Å². The molecule has 2 aromatic carbocycles. The van der Waals surface area contributed by atoms with Gasteiger partial charge >= 0.3 is 11.9 Å². The lowest BCUT2D eigenvalue weighted by Gasteiger charge is -2.61. The molecule has 10 heteroatoms. The second-order valence-electron chi connectivity index (χ2n) is 13.5. The summed E-state index contributed by atoms with van der Waals surface area (Å²) in [7, 11) is 0. The van der Waals surface area contributed by atoms with Crippen LogP contribution in [-0.2, 0) is 34.5 Å². The van der Waals surface area contributed by atoms with Crippen LogP contribution in [0.4, 0.5) is 0 Å². The first-order valence-corrected chi connectivity index (χ1v) is 15.2. The van der Waals surface area contributed by atoms with E-state index >= 15 is 0 Å². The van der Waals surface area contributed by atoms with Gasteiger partial charge in [-0.1, -0.05) is 69.0 Å². The topological polar surface area (TPSA) is 144 Å². The van der Waals surface area contributed by atoms with E-state index in [-0.39, 0.29) is 6.42 Å². The largest absolute Gasteiger partial charge is 0.455 e. The number of epoxide rings is 1. The van der Waals surface area contributed by atoms with Gasteiger partial charge in [-0.25, -0.2) is 4.79 Å².